The predicted octanol–water partition coefficient (Wildman–Crippen LogP) is 2.77. The van der Waals surface area contributed by atoms with E-state index in [9.17, 15) is 9.59 Å². The van der Waals surface area contributed by atoms with Gasteiger partial charge in [-0.1, -0.05) is 39.5 Å². The Bertz CT molecular complexity index is 372. The van der Waals surface area contributed by atoms with Crippen LogP contribution in [-0.4, -0.2) is 49.6 Å². The molecule has 2 saturated heterocycles. The molecule has 2 rings (SSSR count). The zero-order chi connectivity index (χ0) is 17.4. The normalized spacial score (nSPS) is 28.6. The third-order valence-electron chi connectivity index (χ3n) is 4.50. The summed E-state index contributed by atoms with van der Waals surface area (Å²) in [5, 5.41) is 0. The van der Waals surface area contributed by atoms with E-state index in [0.29, 0.717) is 26.1 Å². The number of unbranched alkanes of at least 4 members (excludes halogenated alkanes) is 4. The molecule has 24 heavy (non-hydrogen) atoms. The van der Waals surface area contributed by atoms with Crippen LogP contribution < -0.4 is 0 Å². The SMILES string of the molecule is CCCCCC(=O)O[C@H]1CO[C@@H]2[C@H]1OC[C@H]2OC(=O)CCCCC. The molecule has 0 N–H and O–H groups in total. The second-order valence-electron chi connectivity index (χ2n) is 6.57. The van der Waals surface area contributed by atoms with Crippen molar-refractivity contribution in [3.05, 3.63) is 0 Å². The molecular formula is C18H30O6. The lowest BCUT2D eigenvalue weighted by Crippen LogP contribution is -2.35. The molecule has 2 heterocycles. The van der Waals surface area contributed by atoms with Gasteiger partial charge >= 0.3 is 11.9 Å². The molecule has 0 aromatic heterocycles. The van der Waals surface area contributed by atoms with E-state index >= 15 is 0 Å². The minimum atomic E-state index is -0.395. The summed E-state index contributed by atoms with van der Waals surface area (Å²) in [5.41, 5.74) is 0. The van der Waals surface area contributed by atoms with Crippen LogP contribution in [0.1, 0.15) is 65.2 Å². The summed E-state index contributed by atoms with van der Waals surface area (Å²) in [6.07, 6.45) is 5.28. The van der Waals surface area contributed by atoms with Crippen molar-refractivity contribution in [1.82, 2.24) is 0 Å². The summed E-state index contributed by atoms with van der Waals surface area (Å²) in [6, 6.07) is 0. The van der Waals surface area contributed by atoms with Gasteiger partial charge < -0.3 is 18.9 Å². The lowest BCUT2D eigenvalue weighted by atomic mass is 10.1. The Kier molecular flexibility index (Phi) is 7.99. The van der Waals surface area contributed by atoms with Crippen molar-refractivity contribution in [3.63, 3.8) is 0 Å². The highest BCUT2D eigenvalue weighted by Gasteiger charge is 2.51. The van der Waals surface area contributed by atoms with Crippen LogP contribution in [0.25, 0.3) is 0 Å². The van der Waals surface area contributed by atoms with E-state index < -0.39 is 12.2 Å². The molecule has 0 aliphatic carbocycles. The highest BCUT2D eigenvalue weighted by molar-refractivity contribution is 5.70. The van der Waals surface area contributed by atoms with E-state index in [4.69, 9.17) is 18.9 Å². The summed E-state index contributed by atoms with van der Waals surface area (Å²) in [6.45, 7) is 4.80. The van der Waals surface area contributed by atoms with Gasteiger partial charge in [0.25, 0.3) is 0 Å². The maximum absolute atomic E-state index is 11.8. The van der Waals surface area contributed by atoms with Gasteiger partial charge in [-0.3, -0.25) is 9.59 Å². The lowest BCUT2D eigenvalue weighted by molar-refractivity contribution is -0.155. The van der Waals surface area contributed by atoms with Crippen LogP contribution in [0, 0.1) is 0 Å². The molecule has 0 amide bonds. The van der Waals surface area contributed by atoms with E-state index in [1.54, 1.807) is 0 Å². The lowest BCUT2D eigenvalue weighted by Gasteiger charge is -2.17. The molecule has 2 fully saturated rings. The summed E-state index contributed by atoms with van der Waals surface area (Å²) in [4.78, 5) is 23.7. The molecule has 0 aromatic rings. The molecule has 138 valence electrons. The van der Waals surface area contributed by atoms with Crippen molar-refractivity contribution in [1.29, 1.82) is 0 Å². The van der Waals surface area contributed by atoms with Gasteiger partial charge in [-0.25, -0.2) is 0 Å². The second-order valence-corrected chi connectivity index (χ2v) is 6.57. The van der Waals surface area contributed by atoms with Crippen LogP contribution in [0.5, 0.6) is 0 Å². The number of carbonyl (C=O) groups excluding carboxylic acids is 2. The van der Waals surface area contributed by atoms with Crippen molar-refractivity contribution in [2.45, 2.75) is 89.6 Å². The molecular weight excluding hydrogens is 312 g/mol. The first-order valence-electron chi connectivity index (χ1n) is 9.27. The van der Waals surface area contributed by atoms with Crippen LogP contribution >= 0.6 is 0 Å². The molecule has 0 saturated carbocycles. The van der Waals surface area contributed by atoms with Gasteiger partial charge in [-0.05, 0) is 12.8 Å². The molecule has 0 aromatic carbocycles. The van der Waals surface area contributed by atoms with Gasteiger partial charge in [0.15, 0.2) is 12.2 Å². The summed E-state index contributed by atoms with van der Waals surface area (Å²) in [5.74, 6) is -0.414. The molecule has 0 spiro atoms. The number of carbonyl (C=O) groups is 2. The molecule has 0 bridgehead atoms. The van der Waals surface area contributed by atoms with Gasteiger partial charge in [0.2, 0.25) is 0 Å². The van der Waals surface area contributed by atoms with Crippen LogP contribution in [0.4, 0.5) is 0 Å². The number of hydrogen-bond acceptors (Lipinski definition) is 6. The average Bonchev–Trinajstić information content (AvgIpc) is 3.12. The standard InChI is InChI=1S/C18H30O6/c1-3-5-7-9-15(19)23-13-11-21-18-14(12-22-17(13)18)24-16(20)10-8-6-4-2/h13-14,17-18H,3-12H2,1-2H3/t13-,14+,17-,18-/m0/s1. The highest BCUT2D eigenvalue weighted by atomic mass is 16.7. The zero-order valence-electron chi connectivity index (χ0n) is 14.8. The van der Waals surface area contributed by atoms with Crippen LogP contribution in [-0.2, 0) is 28.5 Å². The molecule has 2 aliphatic heterocycles. The number of ether oxygens (including phenoxy) is 4. The topological polar surface area (TPSA) is 71.1 Å². The van der Waals surface area contributed by atoms with Crippen molar-refractivity contribution >= 4 is 11.9 Å². The van der Waals surface area contributed by atoms with Crippen LogP contribution in [0.3, 0.4) is 0 Å². The molecule has 0 radical (unpaired) electrons. The monoisotopic (exact) mass is 342 g/mol. The Morgan fingerprint density at radius 3 is 1.58 bits per heavy atom. The first-order valence-corrected chi connectivity index (χ1v) is 9.27. The van der Waals surface area contributed by atoms with Gasteiger partial charge in [-0.15, -0.1) is 0 Å². The first kappa shape index (κ1) is 19.2. The number of fused-ring (bicyclic) bond motifs is 1. The fourth-order valence-electron chi connectivity index (χ4n) is 3.13. The minimum Gasteiger partial charge on any atom is -0.457 e. The van der Waals surface area contributed by atoms with Crippen LogP contribution in [0.2, 0.25) is 0 Å². The maximum atomic E-state index is 11.8. The third kappa shape index (κ3) is 5.45. The molecule has 6 nitrogen and oxygen atoms in total. The first-order chi connectivity index (χ1) is 11.7. The zero-order valence-corrected chi connectivity index (χ0v) is 14.8. The molecule has 6 heteroatoms. The fourth-order valence-corrected chi connectivity index (χ4v) is 3.13. The van der Waals surface area contributed by atoms with Crippen LogP contribution in [0.15, 0.2) is 0 Å². The quantitative estimate of drug-likeness (QED) is 0.449. The number of hydrogen-bond donors (Lipinski definition) is 0. The van der Waals surface area contributed by atoms with Crippen molar-refractivity contribution in [2.24, 2.45) is 0 Å². The molecule has 2 aliphatic rings. The van der Waals surface area contributed by atoms with Crippen molar-refractivity contribution in [3.8, 4) is 0 Å². The van der Waals surface area contributed by atoms with Crippen molar-refractivity contribution < 1.29 is 28.5 Å². The molecule has 4 atom stereocenters. The Labute approximate surface area is 144 Å². The largest absolute Gasteiger partial charge is 0.457 e. The Hall–Kier alpha value is -1.14. The van der Waals surface area contributed by atoms with E-state index in [0.717, 1.165) is 38.5 Å². The van der Waals surface area contributed by atoms with Gasteiger partial charge in [0.1, 0.15) is 12.2 Å². The van der Waals surface area contributed by atoms with E-state index in [-0.39, 0.29) is 24.1 Å². The highest BCUT2D eigenvalue weighted by Crippen LogP contribution is 2.31. The Balaban J connectivity index is 1.73. The predicted molar refractivity (Wildman–Crippen MR) is 87.5 cm³/mol. The Morgan fingerprint density at radius 2 is 1.21 bits per heavy atom. The summed E-state index contributed by atoms with van der Waals surface area (Å²) in [7, 11) is 0. The average molecular weight is 342 g/mol. The number of esters is 2. The third-order valence-corrected chi connectivity index (χ3v) is 4.50. The van der Waals surface area contributed by atoms with Gasteiger partial charge in [-0.2, -0.15) is 0 Å². The van der Waals surface area contributed by atoms with E-state index in [2.05, 4.69) is 13.8 Å². The smallest absolute Gasteiger partial charge is 0.306 e. The van der Waals surface area contributed by atoms with Gasteiger partial charge in [0.05, 0.1) is 13.2 Å². The summed E-state index contributed by atoms with van der Waals surface area (Å²) >= 11 is 0. The Morgan fingerprint density at radius 1 is 0.792 bits per heavy atom. The van der Waals surface area contributed by atoms with E-state index in [1.165, 1.54) is 0 Å². The van der Waals surface area contributed by atoms with Gasteiger partial charge in [0, 0.05) is 12.8 Å². The second kappa shape index (κ2) is 9.99. The number of rotatable bonds is 10. The summed E-state index contributed by atoms with van der Waals surface area (Å²) < 4.78 is 22.3. The van der Waals surface area contributed by atoms with Crippen molar-refractivity contribution in [2.75, 3.05) is 13.2 Å². The fraction of sp³-hybridized carbons (Fsp3) is 0.889. The molecule has 0 unspecified atom stereocenters. The minimum absolute atomic E-state index is 0.207. The maximum Gasteiger partial charge on any atom is 0.306 e. The van der Waals surface area contributed by atoms with E-state index in [1.807, 2.05) is 0 Å².